The quantitative estimate of drug-likeness (QED) is 0.875. The molecule has 4 nitrogen and oxygen atoms in total. The predicted octanol–water partition coefficient (Wildman–Crippen LogP) is 2.05. The van der Waals surface area contributed by atoms with E-state index < -0.39 is 0 Å². The van der Waals surface area contributed by atoms with Gasteiger partial charge in [0.15, 0.2) is 0 Å². The number of nitrogens with zero attached hydrogens (tertiary/aromatic N) is 1. The largest absolute Gasteiger partial charge is 0.393 e. The normalized spacial score (nSPS) is 18.4. The maximum atomic E-state index is 11.9. The fraction of sp³-hybridized carbons (Fsp3) is 0.562. The Morgan fingerprint density at radius 2 is 2.00 bits per heavy atom. The van der Waals surface area contributed by atoms with E-state index in [-0.39, 0.29) is 12.0 Å². The van der Waals surface area contributed by atoms with E-state index in [2.05, 4.69) is 10.2 Å². The van der Waals surface area contributed by atoms with Crippen molar-refractivity contribution >= 4 is 17.5 Å². The Bertz CT molecular complexity index is 454. The molecule has 1 aromatic carbocycles. The molecule has 2 rings (SSSR count). The Morgan fingerprint density at radius 3 is 2.57 bits per heavy atom. The van der Waals surface area contributed by atoms with Gasteiger partial charge in [-0.2, -0.15) is 0 Å². The molecular weight excluding hydrogens is 288 g/mol. The molecule has 21 heavy (non-hydrogen) atoms. The molecule has 1 aliphatic rings. The van der Waals surface area contributed by atoms with Crippen LogP contribution in [0.2, 0.25) is 5.02 Å². The Hall–Kier alpha value is -1.10. The van der Waals surface area contributed by atoms with Gasteiger partial charge in [0, 0.05) is 11.6 Å². The average Bonchev–Trinajstić information content (AvgIpc) is 2.47. The number of benzene rings is 1. The number of halogens is 1. The summed E-state index contributed by atoms with van der Waals surface area (Å²) in [7, 11) is 0. The summed E-state index contributed by atoms with van der Waals surface area (Å²) in [6.07, 6.45) is 1.68. The van der Waals surface area contributed by atoms with Gasteiger partial charge < -0.3 is 10.4 Å². The highest BCUT2D eigenvalue weighted by molar-refractivity contribution is 6.30. The number of aliphatic hydroxyl groups is 1. The highest BCUT2D eigenvalue weighted by atomic mass is 35.5. The third-order valence-electron chi connectivity index (χ3n) is 4.08. The first-order chi connectivity index (χ1) is 10.0. The van der Waals surface area contributed by atoms with Crippen molar-refractivity contribution < 1.29 is 9.90 Å². The number of nitrogens with one attached hydrogen (secondary N) is 1. The van der Waals surface area contributed by atoms with Crippen LogP contribution in [-0.2, 0) is 11.3 Å². The number of rotatable bonds is 5. The van der Waals surface area contributed by atoms with Crippen LogP contribution in [0.5, 0.6) is 0 Å². The minimum Gasteiger partial charge on any atom is -0.393 e. The van der Waals surface area contributed by atoms with Gasteiger partial charge in [-0.1, -0.05) is 23.7 Å². The molecule has 1 fully saturated rings. The molecule has 0 aromatic heterocycles. The van der Waals surface area contributed by atoms with Crippen LogP contribution >= 0.6 is 11.6 Å². The van der Waals surface area contributed by atoms with Gasteiger partial charge in [-0.3, -0.25) is 9.69 Å². The van der Waals surface area contributed by atoms with Crippen molar-refractivity contribution in [2.75, 3.05) is 19.6 Å². The Kier molecular flexibility index (Phi) is 6.03. The molecule has 0 bridgehead atoms. The Balaban J connectivity index is 1.69. The molecule has 0 spiro atoms. The first kappa shape index (κ1) is 16.3. The van der Waals surface area contributed by atoms with Crippen molar-refractivity contribution in [1.82, 2.24) is 10.2 Å². The van der Waals surface area contributed by atoms with Gasteiger partial charge in [0.2, 0.25) is 5.91 Å². The second-order valence-electron chi connectivity index (χ2n) is 5.76. The second-order valence-corrected chi connectivity index (χ2v) is 6.19. The lowest BCUT2D eigenvalue weighted by atomic mass is 9.92. The van der Waals surface area contributed by atoms with Gasteiger partial charge in [0.05, 0.1) is 12.6 Å². The van der Waals surface area contributed by atoms with Gasteiger partial charge in [-0.15, -0.1) is 0 Å². The predicted molar refractivity (Wildman–Crippen MR) is 84.1 cm³/mol. The van der Waals surface area contributed by atoms with E-state index >= 15 is 0 Å². The van der Waals surface area contributed by atoms with E-state index in [1.54, 1.807) is 0 Å². The third-order valence-corrected chi connectivity index (χ3v) is 4.34. The van der Waals surface area contributed by atoms with Crippen LogP contribution in [0.15, 0.2) is 24.3 Å². The summed E-state index contributed by atoms with van der Waals surface area (Å²) < 4.78 is 0. The number of aliphatic hydroxyl groups excluding tert-OH is 1. The zero-order valence-corrected chi connectivity index (χ0v) is 13.1. The Morgan fingerprint density at radius 1 is 1.38 bits per heavy atom. The van der Waals surface area contributed by atoms with E-state index in [4.69, 9.17) is 11.6 Å². The maximum absolute atomic E-state index is 11.9. The fourth-order valence-electron chi connectivity index (χ4n) is 2.66. The first-order valence-electron chi connectivity index (χ1n) is 7.46. The number of hydrogen-bond acceptors (Lipinski definition) is 3. The van der Waals surface area contributed by atoms with Gasteiger partial charge in [0.1, 0.15) is 0 Å². The zero-order chi connectivity index (χ0) is 15.2. The van der Waals surface area contributed by atoms with Gasteiger partial charge in [-0.05, 0) is 56.5 Å². The molecule has 0 unspecified atom stereocenters. The smallest absolute Gasteiger partial charge is 0.234 e. The fourth-order valence-corrected chi connectivity index (χ4v) is 2.78. The summed E-state index contributed by atoms with van der Waals surface area (Å²) in [4.78, 5) is 14.1. The van der Waals surface area contributed by atoms with E-state index in [0.717, 1.165) is 31.5 Å². The van der Waals surface area contributed by atoms with Gasteiger partial charge >= 0.3 is 0 Å². The van der Waals surface area contributed by atoms with E-state index in [9.17, 15) is 9.90 Å². The molecule has 5 heteroatoms. The molecule has 1 amide bonds. The lowest BCUT2D eigenvalue weighted by Crippen LogP contribution is -2.42. The number of likely N-dealkylation sites (tertiary alicyclic amines) is 1. The van der Waals surface area contributed by atoms with Crippen molar-refractivity contribution in [2.45, 2.75) is 32.4 Å². The number of amides is 1. The van der Waals surface area contributed by atoms with Crippen molar-refractivity contribution in [3.63, 3.8) is 0 Å². The monoisotopic (exact) mass is 310 g/mol. The topological polar surface area (TPSA) is 52.6 Å². The van der Waals surface area contributed by atoms with Crippen LogP contribution in [0, 0.1) is 5.92 Å². The molecule has 1 heterocycles. The molecule has 1 aliphatic heterocycles. The summed E-state index contributed by atoms with van der Waals surface area (Å²) in [5, 5.41) is 13.2. The molecule has 116 valence electrons. The van der Waals surface area contributed by atoms with Crippen LogP contribution < -0.4 is 5.32 Å². The molecule has 1 saturated heterocycles. The molecule has 0 saturated carbocycles. The molecule has 1 aromatic rings. The van der Waals surface area contributed by atoms with E-state index in [0.29, 0.717) is 24.0 Å². The van der Waals surface area contributed by atoms with Crippen molar-refractivity contribution in [2.24, 2.45) is 5.92 Å². The van der Waals surface area contributed by atoms with Gasteiger partial charge in [0.25, 0.3) is 0 Å². The average molecular weight is 311 g/mol. The van der Waals surface area contributed by atoms with E-state index in [1.165, 1.54) is 0 Å². The second kappa shape index (κ2) is 7.78. The van der Waals surface area contributed by atoms with Crippen molar-refractivity contribution in [3.05, 3.63) is 34.9 Å². The van der Waals surface area contributed by atoms with Crippen LogP contribution in [0.3, 0.4) is 0 Å². The lowest BCUT2D eigenvalue weighted by molar-refractivity contribution is -0.122. The molecule has 1 atom stereocenters. The van der Waals surface area contributed by atoms with Crippen molar-refractivity contribution in [1.29, 1.82) is 0 Å². The van der Waals surface area contributed by atoms with Gasteiger partial charge in [-0.25, -0.2) is 0 Å². The zero-order valence-electron chi connectivity index (χ0n) is 12.4. The standard InChI is InChI=1S/C16H23ClN2O2/c1-12(20)14-6-8-19(9-7-14)11-16(21)18-10-13-2-4-15(17)5-3-13/h2-5,12,14,20H,6-11H2,1H3,(H,18,21)/t12-/m1/s1. The van der Waals surface area contributed by atoms with Crippen LogP contribution in [0.25, 0.3) is 0 Å². The number of carbonyl (C=O) groups excluding carboxylic acids is 1. The molecule has 0 aliphatic carbocycles. The number of piperidine rings is 1. The van der Waals surface area contributed by atoms with Crippen LogP contribution in [0.1, 0.15) is 25.3 Å². The summed E-state index contributed by atoms with van der Waals surface area (Å²) in [5.74, 6) is 0.416. The summed E-state index contributed by atoms with van der Waals surface area (Å²) in [6.45, 7) is 4.56. The minimum atomic E-state index is -0.245. The lowest BCUT2D eigenvalue weighted by Gasteiger charge is -2.32. The maximum Gasteiger partial charge on any atom is 0.234 e. The summed E-state index contributed by atoms with van der Waals surface area (Å²) >= 11 is 5.83. The summed E-state index contributed by atoms with van der Waals surface area (Å²) in [5.41, 5.74) is 1.04. The molecule has 0 radical (unpaired) electrons. The number of hydrogen-bond donors (Lipinski definition) is 2. The highest BCUT2D eigenvalue weighted by Gasteiger charge is 2.23. The SMILES string of the molecule is C[C@@H](O)C1CCN(CC(=O)NCc2ccc(Cl)cc2)CC1. The highest BCUT2D eigenvalue weighted by Crippen LogP contribution is 2.20. The third kappa shape index (κ3) is 5.30. The first-order valence-corrected chi connectivity index (χ1v) is 7.84. The summed E-state index contributed by atoms with van der Waals surface area (Å²) in [6, 6.07) is 7.47. The van der Waals surface area contributed by atoms with Crippen molar-refractivity contribution in [3.8, 4) is 0 Å². The van der Waals surface area contributed by atoms with Crippen LogP contribution in [0.4, 0.5) is 0 Å². The van der Waals surface area contributed by atoms with E-state index in [1.807, 2.05) is 31.2 Å². The Labute approximate surface area is 131 Å². The van der Waals surface area contributed by atoms with Crippen LogP contribution in [-0.4, -0.2) is 41.7 Å². The molecular formula is C16H23ClN2O2. The number of carbonyl (C=O) groups is 1. The minimum absolute atomic E-state index is 0.0421. The molecule has 2 N–H and O–H groups in total.